The summed E-state index contributed by atoms with van der Waals surface area (Å²) in [5, 5.41) is 10.6. The van der Waals surface area contributed by atoms with Gasteiger partial charge in [-0.3, -0.25) is 19.5 Å². The quantitative estimate of drug-likeness (QED) is 0.620. The fourth-order valence-corrected chi connectivity index (χ4v) is 2.56. The third-order valence-corrected chi connectivity index (χ3v) is 3.63. The standard InChI is InChI=1S/C14H13N3O3/c1-9-2-7-13-15-12(8-14(18)16(9)13)10-3-5-11(6-4-10)17(19)20/h3-6,8-9H,2,7H2,1H3. The zero-order valence-electron chi connectivity index (χ0n) is 10.9. The Bertz CT molecular complexity index is 734. The lowest BCUT2D eigenvalue weighted by molar-refractivity contribution is -0.384. The molecule has 0 saturated heterocycles. The molecule has 102 valence electrons. The summed E-state index contributed by atoms with van der Waals surface area (Å²) in [7, 11) is 0. The topological polar surface area (TPSA) is 78.0 Å². The molecule has 1 atom stereocenters. The van der Waals surface area contributed by atoms with Crippen LogP contribution in [0.15, 0.2) is 35.1 Å². The molecule has 1 unspecified atom stereocenters. The van der Waals surface area contributed by atoms with Gasteiger partial charge in [-0.1, -0.05) is 0 Å². The first-order valence-electron chi connectivity index (χ1n) is 6.43. The van der Waals surface area contributed by atoms with Crippen molar-refractivity contribution < 1.29 is 4.92 Å². The average molecular weight is 271 g/mol. The van der Waals surface area contributed by atoms with Gasteiger partial charge in [0.25, 0.3) is 11.2 Å². The van der Waals surface area contributed by atoms with Crippen molar-refractivity contribution in [3.05, 3.63) is 56.6 Å². The van der Waals surface area contributed by atoms with Crippen molar-refractivity contribution in [1.82, 2.24) is 9.55 Å². The van der Waals surface area contributed by atoms with Crippen LogP contribution >= 0.6 is 0 Å². The number of hydrogen-bond donors (Lipinski definition) is 0. The first-order chi connectivity index (χ1) is 9.56. The largest absolute Gasteiger partial charge is 0.294 e. The fourth-order valence-electron chi connectivity index (χ4n) is 2.56. The number of benzene rings is 1. The molecule has 20 heavy (non-hydrogen) atoms. The molecule has 1 aromatic carbocycles. The third kappa shape index (κ3) is 1.99. The first kappa shape index (κ1) is 12.5. The van der Waals surface area contributed by atoms with Crippen LogP contribution in [0.3, 0.4) is 0 Å². The Morgan fingerprint density at radius 3 is 2.70 bits per heavy atom. The van der Waals surface area contributed by atoms with E-state index in [4.69, 9.17) is 0 Å². The van der Waals surface area contributed by atoms with Crippen molar-refractivity contribution >= 4 is 5.69 Å². The Morgan fingerprint density at radius 2 is 2.05 bits per heavy atom. The van der Waals surface area contributed by atoms with Crippen LogP contribution in [0.25, 0.3) is 11.3 Å². The molecule has 3 rings (SSSR count). The van der Waals surface area contributed by atoms with Crippen molar-refractivity contribution in [1.29, 1.82) is 0 Å². The molecule has 0 aliphatic carbocycles. The Morgan fingerprint density at radius 1 is 1.35 bits per heavy atom. The summed E-state index contributed by atoms with van der Waals surface area (Å²) < 4.78 is 1.72. The van der Waals surface area contributed by atoms with Crippen molar-refractivity contribution in [2.24, 2.45) is 0 Å². The maximum Gasteiger partial charge on any atom is 0.269 e. The highest BCUT2D eigenvalue weighted by molar-refractivity contribution is 5.60. The fraction of sp³-hybridized carbons (Fsp3) is 0.286. The van der Waals surface area contributed by atoms with E-state index in [0.29, 0.717) is 5.69 Å². The minimum atomic E-state index is -0.448. The Kier molecular flexibility index (Phi) is 2.85. The van der Waals surface area contributed by atoms with Crippen LogP contribution in [-0.4, -0.2) is 14.5 Å². The number of fused-ring (bicyclic) bond motifs is 1. The van der Waals surface area contributed by atoms with Gasteiger partial charge in [0, 0.05) is 36.2 Å². The molecule has 2 aromatic rings. The highest BCUT2D eigenvalue weighted by atomic mass is 16.6. The number of rotatable bonds is 2. The first-order valence-corrected chi connectivity index (χ1v) is 6.43. The van der Waals surface area contributed by atoms with Crippen molar-refractivity contribution in [2.45, 2.75) is 25.8 Å². The van der Waals surface area contributed by atoms with E-state index in [1.54, 1.807) is 16.7 Å². The highest BCUT2D eigenvalue weighted by Crippen LogP contribution is 2.25. The highest BCUT2D eigenvalue weighted by Gasteiger charge is 2.21. The second kappa shape index (κ2) is 4.56. The van der Waals surface area contributed by atoms with Gasteiger partial charge in [0.15, 0.2) is 0 Å². The van der Waals surface area contributed by atoms with E-state index < -0.39 is 4.92 Å². The monoisotopic (exact) mass is 271 g/mol. The summed E-state index contributed by atoms with van der Waals surface area (Å²) >= 11 is 0. The molecular formula is C14H13N3O3. The summed E-state index contributed by atoms with van der Waals surface area (Å²) in [6.45, 7) is 2.01. The van der Waals surface area contributed by atoms with Crippen LogP contribution in [0.2, 0.25) is 0 Å². The van der Waals surface area contributed by atoms with Crippen LogP contribution in [0.1, 0.15) is 25.2 Å². The predicted molar refractivity (Wildman–Crippen MR) is 73.6 cm³/mol. The minimum absolute atomic E-state index is 0.0280. The number of nitrogens with zero attached hydrogens (tertiary/aromatic N) is 3. The molecule has 0 bridgehead atoms. The van der Waals surface area contributed by atoms with Crippen LogP contribution < -0.4 is 5.56 Å². The summed E-state index contributed by atoms with van der Waals surface area (Å²) in [5.74, 6) is 0.790. The van der Waals surface area contributed by atoms with Crippen molar-refractivity contribution in [2.75, 3.05) is 0 Å². The Balaban J connectivity index is 2.05. The van der Waals surface area contributed by atoms with Gasteiger partial charge in [0.05, 0.1) is 10.6 Å². The number of aromatic nitrogens is 2. The molecule has 6 heteroatoms. The van der Waals surface area contributed by atoms with E-state index in [-0.39, 0.29) is 17.3 Å². The lowest BCUT2D eigenvalue weighted by Gasteiger charge is -2.09. The zero-order valence-corrected chi connectivity index (χ0v) is 10.9. The number of nitro benzene ring substituents is 1. The molecular weight excluding hydrogens is 258 g/mol. The second-order valence-electron chi connectivity index (χ2n) is 4.96. The summed E-state index contributed by atoms with van der Waals surface area (Å²) in [5.41, 5.74) is 1.26. The average Bonchev–Trinajstić information content (AvgIpc) is 2.81. The van der Waals surface area contributed by atoms with Crippen molar-refractivity contribution in [3.8, 4) is 11.3 Å². The minimum Gasteiger partial charge on any atom is -0.294 e. The van der Waals surface area contributed by atoms with Gasteiger partial charge >= 0.3 is 0 Å². The van der Waals surface area contributed by atoms with E-state index in [0.717, 1.165) is 24.2 Å². The van der Waals surface area contributed by atoms with Gasteiger partial charge in [-0.05, 0) is 25.5 Å². The molecule has 6 nitrogen and oxygen atoms in total. The molecule has 1 aromatic heterocycles. The lowest BCUT2D eigenvalue weighted by atomic mass is 10.1. The molecule has 0 fully saturated rings. The Hall–Kier alpha value is -2.50. The molecule has 0 spiro atoms. The molecule has 0 saturated carbocycles. The van der Waals surface area contributed by atoms with E-state index in [2.05, 4.69) is 4.98 Å². The predicted octanol–water partition coefficient (Wildman–Crippen LogP) is 2.33. The summed E-state index contributed by atoms with van der Waals surface area (Å²) in [6.07, 6.45) is 1.71. The molecule has 2 heterocycles. The van der Waals surface area contributed by atoms with Gasteiger partial charge in [-0.25, -0.2) is 4.98 Å². The van der Waals surface area contributed by atoms with Gasteiger partial charge < -0.3 is 0 Å². The molecule has 1 aliphatic heterocycles. The van der Waals surface area contributed by atoms with Gasteiger partial charge in [-0.15, -0.1) is 0 Å². The van der Waals surface area contributed by atoms with Gasteiger partial charge in [-0.2, -0.15) is 0 Å². The lowest BCUT2D eigenvalue weighted by Crippen LogP contribution is -2.22. The van der Waals surface area contributed by atoms with E-state index >= 15 is 0 Å². The second-order valence-corrected chi connectivity index (χ2v) is 4.96. The van der Waals surface area contributed by atoms with E-state index in [1.807, 2.05) is 6.92 Å². The number of hydrogen-bond acceptors (Lipinski definition) is 4. The smallest absolute Gasteiger partial charge is 0.269 e. The van der Waals surface area contributed by atoms with Gasteiger partial charge in [0.1, 0.15) is 5.82 Å². The summed E-state index contributed by atoms with van der Waals surface area (Å²) in [6, 6.07) is 7.77. The number of nitro groups is 1. The third-order valence-electron chi connectivity index (χ3n) is 3.63. The van der Waals surface area contributed by atoms with Crippen molar-refractivity contribution in [3.63, 3.8) is 0 Å². The number of non-ortho nitro benzene ring substituents is 1. The van der Waals surface area contributed by atoms with Crippen LogP contribution in [0.4, 0.5) is 5.69 Å². The molecule has 0 amide bonds. The molecule has 1 aliphatic rings. The Labute approximate surface area is 114 Å². The van der Waals surface area contributed by atoms with Gasteiger partial charge in [0.2, 0.25) is 0 Å². The SMILES string of the molecule is CC1CCc2nc(-c3ccc([N+](=O)[O-])cc3)cc(=O)n21. The van der Waals surface area contributed by atoms with E-state index in [9.17, 15) is 14.9 Å². The van der Waals surface area contributed by atoms with Crippen LogP contribution in [-0.2, 0) is 6.42 Å². The maximum absolute atomic E-state index is 12.1. The molecule has 0 N–H and O–H groups in total. The molecule has 0 radical (unpaired) electrons. The van der Waals surface area contributed by atoms with Crippen LogP contribution in [0, 0.1) is 10.1 Å². The van der Waals surface area contributed by atoms with E-state index in [1.165, 1.54) is 18.2 Å². The van der Waals surface area contributed by atoms with Crippen LogP contribution in [0.5, 0.6) is 0 Å². The maximum atomic E-state index is 12.1. The zero-order chi connectivity index (χ0) is 14.3. The summed E-state index contributed by atoms with van der Waals surface area (Å²) in [4.78, 5) is 26.8. The number of aryl methyl sites for hydroxylation is 1. The normalized spacial score (nSPS) is 16.9.